The monoisotopic (exact) mass is 884 g/mol. The fourth-order valence-corrected chi connectivity index (χ4v) is 9.58. The molecule has 2 heterocycles. The lowest BCUT2D eigenvalue weighted by atomic mass is 9.69. The predicted molar refractivity (Wildman–Crippen MR) is 240 cm³/mol. The number of hydrogen-bond acceptors (Lipinski definition) is 3. The highest BCUT2D eigenvalue weighted by Crippen LogP contribution is 2.51. The fourth-order valence-electron chi connectivity index (χ4n) is 9.58. The minimum Gasteiger partial charge on any atom is -0.418 e. The first-order valence-electron chi connectivity index (χ1n) is 21.4. The molecule has 0 atom stereocenters. The van der Waals surface area contributed by atoms with Gasteiger partial charge in [0.1, 0.15) is 5.41 Å². The lowest BCUT2D eigenvalue weighted by Crippen LogP contribution is -2.50. The Morgan fingerprint density at radius 1 is 0.565 bits per heavy atom. The van der Waals surface area contributed by atoms with Crippen molar-refractivity contribution in [1.82, 2.24) is 0 Å². The molecule has 4 rings (SSSR count). The van der Waals surface area contributed by atoms with Crippen LogP contribution in [0.3, 0.4) is 0 Å². The highest BCUT2D eigenvalue weighted by molar-refractivity contribution is 6.54. The van der Waals surface area contributed by atoms with Crippen LogP contribution in [0.4, 0.5) is 45.9 Å². The van der Waals surface area contributed by atoms with Gasteiger partial charge < -0.3 is 34.5 Å². The van der Waals surface area contributed by atoms with Crippen LogP contribution in [-0.4, -0.2) is 57.7 Å². The summed E-state index contributed by atoms with van der Waals surface area (Å²) in [5.41, 5.74) is 6.03. The molecular formula is C47H71B2F8N3O2. The lowest BCUT2D eigenvalue weighted by molar-refractivity contribution is -0.516. The first-order valence-corrected chi connectivity index (χ1v) is 21.4. The van der Waals surface area contributed by atoms with Gasteiger partial charge in [-0.25, -0.2) is 0 Å². The van der Waals surface area contributed by atoms with Crippen molar-refractivity contribution in [2.24, 2.45) is 16.2 Å². The molecule has 0 aliphatic carbocycles. The van der Waals surface area contributed by atoms with Gasteiger partial charge >= 0.3 is 14.5 Å². The number of para-hydroxylation sites is 2. The predicted octanol–water partition coefficient (Wildman–Crippen LogP) is 14.8. The van der Waals surface area contributed by atoms with Gasteiger partial charge in [0.15, 0.2) is 11.1 Å². The zero-order valence-corrected chi connectivity index (χ0v) is 40.5. The molecule has 0 unspecified atom stereocenters. The molecule has 0 aromatic heterocycles. The van der Waals surface area contributed by atoms with Crippen molar-refractivity contribution < 1.29 is 53.3 Å². The molecular weight excluding hydrogens is 812 g/mol. The number of Topliss-reactive ketones (excluding diaryl/α,β-unsaturated/α-hetero) is 2. The number of halogens is 8. The summed E-state index contributed by atoms with van der Waals surface area (Å²) in [6, 6.07) is 15.0. The van der Waals surface area contributed by atoms with Gasteiger partial charge in [0.05, 0.1) is 16.9 Å². The fraction of sp³-hybridized carbons (Fsp3) is 0.638. The summed E-state index contributed by atoms with van der Waals surface area (Å²) in [5.74, 6) is 0.995. The molecule has 2 aromatic carbocycles. The first kappa shape index (κ1) is 56.2. The molecule has 0 saturated heterocycles. The number of ketones is 2. The summed E-state index contributed by atoms with van der Waals surface area (Å²) >= 11 is 0. The molecule has 0 saturated carbocycles. The van der Waals surface area contributed by atoms with Gasteiger partial charge in [0, 0.05) is 69.7 Å². The van der Waals surface area contributed by atoms with Gasteiger partial charge in [-0.2, -0.15) is 14.4 Å². The minimum atomic E-state index is -6.00. The number of rotatable bonds is 10. The van der Waals surface area contributed by atoms with E-state index in [9.17, 15) is 34.5 Å². The minimum absolute atomic E-state index is 0.0597. The van der Waals surface area contributed by atoms with Crippen LogP contribution in [0.1, 0.15) is 190 Å². The van der Waals surface area contributed by atoms with E-state index in [4.69, 9.17) is 5.26 Å². The summed E-state index contributed by atoms with van der Waals surface area (Å²) in [5, 5.41) is 7.32. The van der Waals surface area contributed by atoms with E-state index in [1.54, 1.807) is 6.07 Å². The molecule has 5 nitrogen and oxygen atoms in total. The number of carbonyl (C=O) groups excluding carboxylic acids is 2. The van der Waals surface area contributed by atoms with Crippen molar-refractivity contribution >= 4 is 48.9 Å². The van der Waals surface area contributed by atoms with Crippen LogP contribution in [0.15, 0.2) is 36.4 Å². The molecule has 2 aliphatic rings. The summed E-state index contributed by atoms with van der Waals surface area (Å²) in [4.78, 5) is 31.1. The number of benzene rings is 2. The highest BCUT2D eigenvalue weighted by Gasteiger charge is 2.63. The van der Waals surface area contributed by atoms with Gasteiger partial charge in [-0.1, -0.05) is 91.8 Å². The van der Waals surface area contributed by atoms with Gasteiger partial charge in [0.25, 0.3) is 0 Å². The van der Waals surface area contributed by atoms with E-state index in [1.165, 1.54) is 29.2 Å². The third kappa shape index (κ3) is 13.6. The molecule has 0 N–H and O–H groups in total. The molecule has 0 amide bonds. The summed E-state index contributed by atoms with van der Waals surface area (Å²) in [6.07, 6.45) is 1.63. The Bertz CT molecular complexity index is 1850. The van der Waals surface area contributed by atoms with E-state index < -0.39 is 30.8 Å². The third-order valence-corrected chi connectivity index (χ3v) is 11.4. The molecule has 15 heteroatoms. The Kier molecular flexibility index (Phi) is 18.1. The van der Waals surface area contributed by atoms with Gasteiger partial charge in [0.2, 0.25) is 34.4 Å². The van der Waals surface area contributed by atoms with Gasteiger partial charge in [-0.15, -0.1) is 0 Å². The van der Waals surface area contributed by atoms with Crippen molar-refractivity contribution in [2.45, 2.75) is 179 Å². The average Bonchev–Trinajstić information content (AvgIpc) is 3.38. The Labute approximate surface area is 366 Å². The van der Waals surface area contributed by atoms with Crippen LogP contribution < -0.4 is 0 Å². The molecule has 348 valence electrons. The van der Waals surface area contributed by atoms with Crippen molar-refractivity contribution in [3.05, 3.63) is 58.7 Å². The summed E-state index contributed by atoms with van der Waals surface area (Å²) in [7, 11) is -12.0. The molecule has 0 spiro atoms. The van der Waals surface area contributed by atoms with Crippen LogP contribution >= 0.6 is 0 Å². The van der Waals surface area contributed by atoms with E-state index in [2.05, 4.69) is 156 Å². The van der Waals surface area contributed by atoms with Crippen LogP contribution in [0.25, 0.3) is 0 Å². The van der Waals surface area contributed by atoms with Crippen molar-refractivity contribution in [3.8, 4) is 6.07 Å². The standard InChI is InChI=1S/C45H68N2O2.C2H3N.2BF4/c1-27(2)31-21-19-22-32(28(3)4)35(31)46-37(41(9,10)25-43(46,13)14)39(48)45(17,18)40(49)38-42(11,12)26-44(15,16)47(38)36-33(29(5)6)23-20-24-34(36)30(7)8;1-2-3;2*2-1(3,4)5/h19-24,27-30H,25-26H2,1-18H3;1H3;;/q+2;;2*-1. The molecule has 0 fully saturated rings. The highest BCUT2D eigenvalue weighted by atomic mass is 19.5. The van der Waals surface area contributed by atoms with Gasteiger partial charge in [-0.05, 0) is 65.2 Å². The van der Waals surface area contributed by atoms with Crippen molar-refractivity contribution in [1.29, 1.82) is 5.26 Å². The molecule has 0 bridgehead atoms. The maximum absolute atomic E-state index is 15.5. The Morgan fingerprint density at radius 2 is 0.758 bits per heavy atom. The second kappa shape index (κ2) is 19.9. The van der Waals surface area contributed by atoms with Crippen LogP contribution in [0, 0.1) is 27.6 Å². The van der Waals surface area contributed by atoms with E-state index >= 15 is 9.59 Å². The van der Waals surface area contributed by atoms with E-state index in [0.29, 0.717) is 0 Å². The lowest BCUT2D eigenvalue weighted by Gasteiger charge is -2.28. The SMILES string of the molecule is CC#N.CC(C)c1cccc(C(C)C)c1[N+]1=C(C(=O)C(C)(C)C(=O)C2=[N+](c3c(C(C)C)cccc3C(C)C)C(C)(C)CC2(C)C)C(C)(C)CC1(C)C.F[B-](F)(F)F.F[B-](F)(F)F. The number of nitrogens with zero attached hydrogens (tertiary/aromatic N) is 3. The number of hydrogen-bond donors (Lipinski definition) is 0. The summed E-state index contributed by atoms with van der Waals surface area (Å²) in [6.45, 7) is 41.0. The Balaban J connectivity index is 0.00000129. The zero-order valence-electron chi connectivity index (χ0n) is 40.5. The van der Waals surface area contributed by atoms with Crippen molar-refractivity contribution in [2.75, 3.05) is 0 Å². The van der Waals surface area contributed by atoms with Crippen LogP contribution in [-0.2, 0) is 9.59 Å². The topological polar surface area (TPSA) is 63.9 Å². The Morgan fingerprint density at radius 3 is 0.935 bits per heavy atom. The summed E-state index contributed by atoms with van der Waals surface area (Å²) < 4.78 is 82.7. The molecule has 62 heavy (non-hydrogen) atoms. The second-order valence-electron chi connectivity index (χ2n) is 20.8. The van der Waals surface area contributed by atoms with E-state index in [0.717, 1.165) is 35.6 Å². The van der Waals surface area contributed by atoms with Crippen LogP contribution in [0.5, 0.6) is 0 Å². The third-order valence-electron chi connectivity index (χ3n) is 11.4. The smallest absolute Gasteiger partial charge is 0.418 e. The normalized spacial score (nSPS) is 17.9. The average molecular weight is 884 g/mol. The molecule has 2 aliphatic heterocycles. The zero-order chi connectivity index (χ0) is 49.1. The number of nitriles is 1. The van der Waals surface area contributed by atoms with E-state index in [1.807, 2.05) is 13.8 Å². The maximum Gasteiger partial charge on any atom is 0.673 e. The second-order valence-corrected chi connectivity index (χ2v) is 20.8. The largest absolute Gasteiger partial charge is 0.673 e. The number of carbonyl (C=O) groups is 2. The first-order chi connectivity index (χ1) is 27.6. The molecule has 0 radical (unpaired) electrons. The van der Waals surface area contributed by atoms with E-state index in [-0.39, 0.29) is 46.3 Å². The Hall–Kier alpha value is -3.82. The van der Waals surface area contributed by atoms with Crippen LogP contribution in [0.2, 0.25) is 0 Å². The molecule has 2 aromatic rings. The van der Waals surface area contributed by atoms with Crippen molar-refractivity contribution in [3.63, 3.8) is 0 Å². The maximum atomic E-state index is 15.5. The van der Waals surface area contributed by atoms with Gasteiger partial charge in [-0.3, -0.25) is 9.59 Å². The quantitative estimate of drug-likeness (QED) is 0.103.